The van der Waals surface area contributed by atoms with Crippen molar-refractivity contribution in [2.24, 2.45) is 0 Å². The van der Waals surface area contributed by atoms with E-state index in [9.17, 15) is 9.59 Å². The Morgan fingerprint density at radius 3 is 2.61 bits per heavy atom. The van der Waals surface area contributed by atoms with E-state index in [2.05, 4.69) is 4.98 Å². The van der Waals surface area contributed by atoms with Crippen LogP contribution in [0.2, 0.25) is 5.02 Å². The van der Waals surface area contributed by atoms with E-state index >= 15 is 0 Å². The van der Waals surface area contributed by atoms with Crippen molar-refractivity contribution in [1.82, 2.24) is 4.98 Å². The molecular weight excluding hydrogens is 314 g/mol. The van der Waals surface area contributed by atoms with Crippen LogP contribution in [0.4, 0.5) is 0 Å². The largest absolute Gasteiger partial charge is 0.462 e. The molecule has 1 heterocycles. The van der Waals surface area contributed by atoms with E-state index in [1.165, 1.54) is 6.20 Å². The maximum Gasteiger partial charge on any atom is 0.343 e. The molecule has 2 aromatic carbocycles. The van der Waals surface area contributed by atoms with Gasteiger partial charge in [0, 0.05) is 6.20 Å². The third-order valence-corrected chi connectivity index (χ3v) is 3.88. The van der Waals surface area contributed by atoms with E-state index in [-0.39, 0.29) is 12.2 Å². The Bertz CT molecular complexity index is 932. The Labute approximate surface area is 137 Å². The van der Waals surface area contributed by atoms with Crippen molar-refractivity contribution >= 4 is 28.5 Å². The number of aromatic nitrogens is 1. The Hall–Kier alpha value is -2.59. The van der Waals surface area contributed by atoms with Gasteiger partial charge in [-0.25, -0.2) is 4.79 Å². The van der Waals surface area contributed by atoms with Gasteiger partial charge < -0.3 is 9.72 Å². The highest BCUT2D eigenvalue weighted by Gasteiger charge is 2.18. The van der Waals surface area contributed by atoms with Crippen LogP contribution in [0, 0.1) is 0 Å². The van der Waals surface area contributed by atoms with Crippen LogP contribution in [0.25, 0.3) is 22.0 Å². The van der Waals surface area contributed by atoms with Gasteiger partial charge in [0.25, 0.3) is 0 Å². The lowest BCUT2D eigenvalue weighted by molar-refractivity contribution is 0.0524. The lowest BCUT2D eigenvalue weighted by atomic mass is 9.99. The average Bonchev–Trinajstić information content (AvgIpc) is 2.57. The van der Waals surface area contributed by atoms with Gasteiger partial charge in [-0.1, -0.05) is 48.0 Å². The molecule has 0 spiro atoms. The average molecular weight is 328 g/mol. The van der Waals surface area contributed by atoms with Crippen molar-refractivity contribution in [2.45, 2.75) is 6.92 Å². The minimum atomic E-state index is -0.644. The van der Waals surface area contributed by atoms with E-state index in [1.54, 1.807) is 19.1 Å². The van der Waals surface area contributed by atoms with Crippen LogP contribution >= 0.6 is 11.6 Å². The van der Waals surface area contributed by atoms with Gasteiger partial charge in [0.1, 0.15) is 5.56 Å². The van der Waals surface area contributed by atoms with Crippen LogP contribution in [0.1, 0.15) is 17.3 Å². The number of fused-ring (bicyclic) bond motifs is 1. The first-order chi connectivity index (χ1) is 11.1. The van der Waals surface area contributed by atoms with Crippen LogP contribution in [0.15, 0.2) is 53.5 Å². The number of H-pyrrole nitrogens is 1. The normalized spacial score (nSPS) is 10.7. The summed E-state index contributed by atoms with van der Waals surface area (Å²) in [7, 11) is 0. The highest BCUT2D eigenvalue weighted by Crippen LogP contribution is 2.30. The number of aromatic amines is 1. The topological polar surface area (TPSA) is 59.2 Å². The highest BCUT2D eigenvalue weighted by molar-refractivity contribution is 6.35. The molecule has 0 fully saturated rings. The van der Waals surface area contributed by atoms with Crippen molar-refractivity contribution in [3.05, 3.63) is 69.5 Å². The summed E-state index contributed by atoms with van der Waals surface area (Å²) in [6.07, 6.45) is 1.35. The fourth-order valence-corrected chi connectivity index (χ4v) is 2.73. The van der Waals surface area contributed by atoms with Crippen LogP contribution in [0.3, 0.4) is 0 Å². The number of esters is 1. The molecule has 1 aromatic heterocycles. The number of hydrogen-bond donors (Lipinski definition) is 1. The molecule has 0 atom stereocenters. The molecule has 0 aliphatic heterocycles. The molecule has 0 radical (unpaired) electrons. The minimum Gasteiger partial charge on any atom is -0.462 e. The Morgan fingerprint density at radius 1 is 1.17 bits per heavy atom. The molecule has 3 rings (SSSR count). The molecule has 23 heavy (non-hydrogen) atoms. The Balaban J connectivity index is 2.34. The second-order valence-corrected chi connectivity index (χ2v) is 5.37. The van der Waals surface area contributed by atoms with Gasteiger partial charge in [0.05, 0.1) is 22.5 Å². The molecular formula is C18H14ClNO3. The van der Waals surface area contributed by atoms with E-state index < -0.39 is 11.4 Å². The number of pyridine rings is 1. The third-order valence-electron chi connectivity index (χ3n) is 3.57. The molecule has 4 nitrogen and oxygen atoms in total. The second kappa shape index (κ2) is 6.26. The first kappa shape index (κ1) is 15.3. The van der Waals surface area contributed by atoms with E-state index in [4.69, 9.17) is 16.3 Å². The molecule has 0 saturated carbocycles. The van der Waals surface area contributed by atoms with E-state index in [0.29, 0.717) is 15.9 Å². The summed E-state index contributed by atoms with van der Waals surface area (Å²) in [6.45, 7) is 1.90. The molecule has 0 aliphatic rings. The molecule has 0 amide bonds. The summed E-state index contributed by atoms with van der Waals surface area (Å²) in [5.41, 5.74) is 1.68. The van der Waals surface area contributed by atoms with Gasteiger partial charge in [-0.2, -0.15) is 0 Å². The number of nitrogens with one attached hydrogen (secondary N) is 1. The van der Waals surface area contributed by atoms with Crippen molar-refractivity contribution in [3.8, 4) is 11.1 Å². The Morgan fingerprint density at radius 2 is 1.91 bits per heavy atom. The zero-order valence-electron chi connectivity index (χ0n) is 12.4. The molecule has 0 saturated heterocycles. The fourth-order valence-electron chi connectivity index (χ4n) is 2.52. The smallest absolute Gasteiger partial charge is 0.343 e. The molecule has 116 valence electrons. The SMILES string of the molecule is CCOC(=O)c1c[nH]c2c(Cl)ccc(-c3ccccc3)c2c1=O. The summed E-state index contributed by atoms with van der Waals surface area (Å²) in [4.78, 5) is 27.7. The number of carbonyl (C=O) groups is 1. The molecule has 3 aromatic rings. The number of rotatable bonds is 3. The molecule has 0 bridgehead atoms. The summed E-state index contributed by atoms with van der Waals surface area (Å²) in [6, 6.07) is 13.0. The number of ether oxygens (including phenoxy) is 1. The first-order valence-corrected chi connectivity index (χ1v) is 7.57. The van der Waals surface area contributed by atoms with Gasteiger partial charge in [0.2, 0.25) is 5.43 Å². The Kier molecular flexibility index (Phi) is 4.17. The highest BCUT2D eigenvalue weighted by atomic mass is 35.5. The number of carbonyl (C=O) groups excluding carboxylic acids is 1. The number of halogens is 1. The zero-order valence-corrected chi connectivity index (χ0v) is 13.2. The predicted octanol–water partition coefficient (Wildman–Crippen LogP) is 4.03. The van der Waals surface area contributed by atoms with Gasteiger partial charge >= 0.3 is 5.97 Å². The second-order valence-electron chi connectivity index (χ2n) is 4.96. The van der Waals surface area contributed by atoms with E-state index in [0.717, 1.165) is 11.1 Å². The van der Waals surface area contributed by atoms with Gasteiger partial charge in [-0.3, -0.25) is 4.79 Å². The van der Waals surface area contributed by atoms with Gasteiger partial charge in [0.15, 0.2) is 0 Å². The summed E-state index contributed by atoms with van der Waals surface area (Å²) in [5.74, 6) is -0.644. The van der Waals surface area contributed by atoms with Crippen molar-refractivity contribution < 1.29 is 9.53 Å². The van der Waals surface area contributed by atoms with Crippen molar-refractivity contribution in [2.75, 3.05) is 6.61 Å². The van der Waals surface area contributed by atoms with Crippen molar-refractivity contribution in [3.63, 3.8) is 0 Å². The van der Waals surface area contributed by atoms with Crippen LogP contribution in [-0.2, 0) is 4.74 Å². The number of hydrogen-bond acceptors (Lipinski definition) is 3. The molecule has 0 aliphatic carbocycles. The summed E-state index contributed by atoms with van der Waals surface area (Å²) >= 11 is 6.20. The van der Waals surface area contributed by atoms with Gasteiger partial charge in [-0.05, 0) is 24.1 Å². The molecule has 0 unspecified atom stereocenters. The maximum absolute atomic E-state index is 12.8. The standard InChI is InChI=1S/C18H14ClNO3/c1-2-23-18(22)13-10-20-16-14(19)9-8-12(15(16)17(13)21)11-6-4-3-5-7-11/h3-10H,2H2,1H3,(H,20,21). The van der Waals surface area contributed by atoms with Crippen LogP contribution in [0.5, 0.6) is 0 Å². The third kappa shape index (κ3) is 2.73. The molecule has 5 heteroatoms. The first-order valence-electron chi connectivity index (χ1n) is 7.20. The monoisotopic (exact) mass is 327 g/mol. The van der Waals surface area contributed by atoms with Gasteiger partial charge in [-0.15, -0.1) is 0 Å². The van der Waals surface area contributed by atoms with E-state index in [1.807, 2.05) is 30.3 Å². The van der Waals surface area contributed by atoms with Crippen molar-refractivity contribution in [1.29, 1.82) is 0 Å². The maximum atomic E-state index is 12.8. The predicted molar refractivity (Wildman–Crippen MR) is 91.0 cm³/mol. The summed E-state index contributed by atoms with van der Waals surface area (Å²) < 4.78 is 4.94. The number of benzene rings is 2. The molecule has 1 N–H and O–H groups in total. The lowest BCUT2D eigenvalue weighted by Gasteiger charge is -2.09. The fraction of sp³-hybridized carbons (Fsp3) is 0.111. The minimum absolute atomic E-state index is 0.0289. The quantitative estimate of drug-likeness (QED) is 0.739. The van der Waals surface area contributed by atoms with Crippen LogP contribution in [-0.4, -0.2) is 17.6 Å². The van der Waals surface area contributed by atoms with Crippen LogP contribution < -0.4 is 5.43 Å². The lowest BCUT2D eigenvalue weighted by Crippen LogP contribution is -2.18. The zero-order chi connectivity index (χ0) is 16.4. The summed E-state index contributed by atoms with van der Waals surface area (Å²) in [5, 5.41) is 0.807.